The van der Waals surface area contributed by atoms with E-state index in [1.54, 1.807) is 0 Å². The number of carbonyl (C=O) groups is 1. The Bertz CT molecular complexity index is 490. The summed E-state index contributed by atoms with van der Waals surface area (Å²) in [5.41, 5.74) is 5.58. The fourth-order valence-corrected chi connectivity index (χ4v) is 2.53. The molecule has 0 bridgehead atoms. The molecule has 0 aliphatic carbocycles. The van der Waals surface area contributed by atoms with Crippen molar-refractivity contribution in [2.45, 2.75) is 26.1 Å². The summed E-state index contributed by atoms with van der Waals surface area (Å²) in [5.74, 6) is -1.02. The minimum absolute atomic E-state index is 0.0437. The minimum atomic E-state index is -4.55. The first-order chi connectivity index (χ1) is 9.64. The first kappa shape index (κ1) is 17.5. The number of nitrogens with one attached hydrogen (secondary N) is 1. The van der Waals surface area contributed by atoms with Crippen molar-refractivity contribution in [3.63, 3.8) is 0 Å². The van der Waals surface area contributed by atoms with Crippen molar-refractivity contribution in [2.75, 3.05) is 30.7 Å². The van der Waals surface area contributed by atoms with Crippen LogP contribution in [-0.4, -0.2) is 52.8 Å². The summed E-state index contributed by atoms with van der Waals surface area (Å²) >= 11 is 0.889. The summed E-state index contributed by atoms with van der Waals surface area (Å²) in [7, 11) is 0. The molecule has 0 spiro atoms. The number of nitrogen functional groups attached to an aromatic ring is 1. The molecule has 1 amide bonds. The molecule has 0 aromatic carbocycles. The first-order valence-corrected chi connectivity index (χ1v) is 6.95. The highest BCUT2D eigenvalue weighted by molar-refractivity contribution is 7.18. The number of rotatable bonds is 6. The molecular formula is C11H17F3N4O2S. The van der Waals surface area contributed by atoms with Crippen LogP contribution in [0.15, 0.2) is 0 Å². The van der Waals surface area contributed by atoms with E-state index >= 15 is 0 Å². The lowest BCUT2D eigenvalue weighted by molar-refractivity contribution is -0.141. The standard InChI is InChI=1S/C11H17F3N4O2S/c1-6(2)16-10-17-8(15)7(21-10)9(20)18(3-4-19)5-11(12,13)14/h6,19H,3-5,15H2,1-2H3,(H,16,17). The quantitative estimate of drug-likeness (QED) is 0.738. The molecule has 1 heterocycles. The van der Waals surface area contributed by atoms with Crippen molar-refractivity contribution in [3.05, 3.63) is 4.88 Å². The van der Waals surface area contributed by atoms with Gasteiger partial charge < -0.3 is 21.1 Å². The maximum Gasteiger partial charge on any atom is 0.406 e. The van der Waals surface area contributed by atoms with E-state index in [1.807, 2.05) is 13.8 Å². The number of alkyl halides is 3. The van der Waals surface area contributed by atoms with Gasteiger partial charge in [-0.2, -0.15) is 13.2 Å². The Kier molecular flexibility index (Phi) is 5.78. The maximum atomic E-state index is 12.5. The van der Waals surface area contributed by atoms with Crippen LogP contribution in [0.1, 0.15) is 23.5 Å². The predicted molar refractivity (Wildman–Crippen MR) is 74.3 cm³/mol. The van der Waals surface area contributed by atoms with Crippen LogP contribution in [0.4, 0.5) is 24.1 Å². The van der Waals surface area contributed by atoms with Gasteiger partial charge >= 0.3 is 6.18 Å². The number of aromatic nitrogens is 1. The lowest BCUT2D eigenvalue weighted by Gasteiger charge is -2.22. The normalized spacial score (nSPS) is 11.8. The second-order valence-electron chi connectivity index (χ2n) is 4.60. The highest BCUT2D eigenvalue weighted by atomic mass is 32.1. The van der Waals surface area contributed by atoms with E-state index in [0.717, 1.165) is 11.3 Å². The Morgan fingerprint density at radius 3 is 2.62 bits per heavy atom. The Balaban J connectivity index is 2.95. The van der Waals surface area contributed by atoms with E-state index in [0.29, 0.717) is 10.0 Å². The molecule has 1 aromatic rings. The molecule has 0 aliphatic rings. The summed E-state index contributed by atoms with van der Waals surface area (Å²) in [6, 6.07) is 0.0437. The van der Waals surface area contributed by atoms with Gasteiger partial charge in [-0.1, -0.05) is 11.3 Å². The predicted octanol–water partition coefficient (Wildman–Crippen LogP) is 1.54. The molecule has 10 heteroatoms. The van der Waals surface area contributed by atoms with Crippen molar-refractivity contribution in [1.29, 1.82) is 0 Å². The van der Waals surface area contributed by atoms with Gasteiger partial charge in [-0.25, -0.2) is 4.98 Å². The molecule has 4 N–H and O–H groups in total. The zero-order valence-corrected chi connectivity index (χ0v) is 12.4. The minimum Gasteiger partial charge on any atom is -0.395 e. The van der Waals surface area contributed by atoms with Crippen LogP contribution in [0.25, 0.3) is 0 Å². The van der Waals surface area contributed by atoms with E-state index in [4.69, 9.17) is 10.8 Å². The van der Waals surface area contributed by atoms with Crippen LogP contribution in [0.5, 0.6) is 0 Å². The SMILES string of the molecule is CC(C)Nc1nc(N)c(C(=O)N(CCO)CC(F)(F)F)s1. The number of nitrogens with two attached hydrogens (primary N) is 1. The fraction of sp³-hybridized carbons (Fsp3) is 0.636. The van der Waals surface area contributed by atoms with E-state index in [9.17, 15) is 18.0 Å². The second-order valence-corrected chi connectivity index (χ2v) is 5.60. The lowest BCUT2D eigenvalue weighted by Crippen LogP contribution is -2.40. The molecule has 0 atom stereocenters. The third-order valence-corrected chi connectivity index (χ3v) is 3.28. The number of hydrogen-bond acceptors (Lipinski definition) is 6. The Morgan fingerprint density at radius 2 is 2.14 bits per heavy atom. The molecule has 1 aromatic heterocycles. The van der Waals surface area contributed by atoms with Gasteiger partial charge in [-0.3, -0.25) is 4.79 Å². The summed E-state index contributed by atoms with van der Waals surface area (Å²) in [5, 5.41) is 12.1. The van der Waals surface area contributed by atoms with Crippen molar-refractivity contribution < 1.29 is 23.1 Å². The monoisotopic (exact) mass is 326 g/mol. The van der Waals surface area contributed by atoms with Crippen molar-refractivity contribution >= 4 is 28.2 Å². The molecule has 6 nitrogen and oxygen atoms in total. The molecule has 0 radical (unpaired) electrons. The van der Waals surface area contributed by atoms with Gasteiger partial charge in [0, 0.05) is 12.6 Å². The second kappa shape index (κ2) is 6.94. The molecule has 0 saturated carbocycles. The number of anilines is 2. The van der Waals surface area contributed by atoms with Crippen LogP contribution >= 0.6 is 11.3 Å². The average Bonchev–Trinajstić information content (AvgIpc) is 2.66. The molecule has 1 rings (SSSR count). The number of amides is 1. The highest BCUT2D eigenvalue weighted by Gasteiger charge is 2.34. The summed E-state index contributed by atoms with van der Waals surface area (Å²) < 4.78 is 37.4. The molecule has 21 heavy (non-hydrogen) atoms. The average molecular weight is 326 g/mol. The first-order valence-electron chi connectivity index (χ1n) is 6.13. The van der Waals surface area contributed by atoms with E-state index in [-0.39, 0.29) is 16.7 Å². The van der Waals surface area contributed by atoms with Gasteiger partial charge in [0.05, 0.1) is 6.61 Å². The molecule has 0 fully saturated rings. The molecule has 0 aliphatic heterocycles. The van der Waals surface area contributed by atoms with Gasteiger partial charge in [-0.15, -0.1) is 0 Å². The number of thiazole rings is 1. The Hall–Kier alpha value is -1.55. The number of halogens is 3. The number of hydrogen-bond donors (Lipinski definition) is 3. The van der Waals surface area contributed by atoms with Gasteiger partial charge in [0.15, 0.2) is 5.13 Å². The lowest BCUT2D eigenvalue weighted by atomic mass is 10.3. The van der Waals surface area contributed by atoms with Crippen LogP contribution in [0.2, 0.25) is 0 Å². The van der Waals surface area contributed by atoms with Crippen LogP contribution in [-0.2, 0) is 0 Å². The van der Waals surface area contributed by atoms with Gasteiger partial charge in [0.1, 0.15) is 17.2 Å². The van der Waals surface area contributed by atoms with Gasteiger partial charge in [0.2, 0.25) is 0 Å². The van der Waals surface area contributed by atoms with Gasteiger partial charge in [-0.05, 0) is 13.8 Å². The topological polar surface area (TPSA) is 91.5 Å². The Labute approximate surface area is 123 Å². The third-order valence-electron chi connectivity index (χ3n) is 2.29. The largest absolute Gasteiger partial charge is 0.406 e. The maximum absolute atomic E-state index is 12.5. The smallest absolute Gasteiger partial charge is 0.395 e. The summed E-state index contributed by atoms with van der Waals surface area (Å²) in [6.45, 7) is 1.25. The fourth-order valence-electron chi connectivity index (χ4n) is 1.53. The highest BCUT2D eigenvalue weighted by Crippen LogP contribution is 2.28. The zero-order chi connectivity index (χ0) is 16.2. The van der Waals surface area contributed by atoms with Gasteiger partial charge in [0.25, 0.3) is 5.91 Å². The molecule has 0 unspecified atom stereocenters. The zero-order valence-electron chi connectivity index (χ0n) is 11.6. The number of aliphatic hydroxyl groups is 1. The van der Waals surface area contributed by atoms with Crippen molar-refractivity contribution in [1.82, 2.24) is 9.88 Å². The molecule has 120 valence electrons. The number of nitrogens with zero attached hydrogens (tertiary/aromatic N) is 2. The van der Waals surface area contributed by atoms with E-state index < -0.39 is 31.8 Å². The van der Waals surface area contributed by atoms with E-state index in [2.05, 4.69) is 10.3 Å². The Morgan fingerprint density at radius 1 is 1.52 bits per heavy atom. The third kappa shape index (κ3) is 5.38. The number of aliphatic hydroxyl groups excluding tert-OH is 1. The van der Waals surface area contributed by atoms with E-state index in [1.165, 1.54) is 0 Å². The van der Waals surface area contributed by atoms with Crippen LogP contribution < -0.4 is 11.1 Å². The number of carbonyl (C=O) groups excluding carboxylic acids is 1. The molecular weight excluding hydrogens is 309 g/mol. The van der Waals surface area contributed by atoms with Crippen molar-refractivity contribution in [2.24, 2.45) is 0 Å². The van der Waals surface area contributed by atoms with Crippen LogP contribution in [0, 0.1) is 0 Å². The van der Waals surface area contributed by atoms with Crippen LogP contribution in [0.3, 0.4) is 0 Å². The summed E-state index contributed by atoms with van der Waals surface area (Å²) in [6.07, 6.45) is -4.55. The molecule has 0 saturated heterocycles. The van der Waals surface area contributed by atoms with Crippen molar-refractivity contribution in [3.8, 4) is 0 Å². The summed E-state index contributed by atoms with van der Waals surface area (Å²) in [4.78, 5) is 16.4.